The summed E-state index contributed by atoms with van der Waals surface area (Å²) in [5, 5.41) is 3.33. The number of carbonyl (C=O) groups excluding carboxylic acids is 1. The maximum absolute atomic E-state index is 11.9. The molecule has 0 saturated carbocycles. The molecule has 1 fully saturated rings. The minimum absolute atomic E-state index is 0.125. The van der Waals surface area contributed by atoms with Crippen molar-refractivity contribution in [3.63, 3.8) is 0 Å². The number of rotatable bonds is 1. The Morgan fingerprint density at radius 1 is 1.35 bits per heavy atom. The number of hydrogen-bond donors (Lipinski definition) is 1. The van der Waals surface area contributed by atoms with Crippen LogP contribution in [0.4, 0.5) is 0 Å². The van der Waals surface area contributed by atoms with E-state index in [4.69, 9.17) is 12.2 Å². The van der Waals surface area contributed by atoms with Crippen molar-refractivity contribution in [3.05, 3.63) is 33.4 Å². The second-order valence-electron chi connectivity index (χ2n) is 3.96. The second kappa shape index (κ2) is 5.77. The van der Waals surface area contributed by atoms with Crippen molar-refractivity contribution >= 4 is 45.8 Å². The Labute approximate surface area is 120 Å². The van der Waals surface area contributed by atoms with Crippen LogP contribution < -0.4 is 5.32 Å². The lowest BCUT2D eigenvalue weighted by atomic mass is 10.2. The van der Waals surface area contributed by atoms with E-state index >= 15 is 0 Å². The summed E-state index contributed by atoms with van der Waals surface area (Å²) in [5.41, 5.74) is 0.651. The van der Waals surface area contributed by atoms with Crippen LogP contribution in [0.5, 0.6) is 0 Å². The molecule has 0 atom stereocenters. The number of nitrogens with one attached hydrogen (secondary N) is 1. The van der Waals surface area contributed by atoms with Gasteiger partial charge in [-0.2, -0.15) is 0 Å². The first-order chi connectivity index (χ1) is 8.16. The summed E-state index contributed by atoms with van der Waals surface area (Å²) in [6, 6.07) is 7.47. The maximum atomic E-state index is 11.9. The van der Waals surface area contributed by atoms with Crippen LogP contribution in [0.2, 0.25) is 0 Å². The van der Waals surface area contributed by atoms with E-state index in [0.717, 1.165) is 29.5 Å². The van der Waals surface area contributed by atoms with Gasteiger partial charge < -0.3 is 4.90 Å². The summed E-state index contributed by atoms with van der Waals surface area (Å²) in [6.45, 7) is 1.90. The van der Waals surface area contributed by atoms with E-state index in [1.165, 1.54) is 0 Å². The molecule has 90 valence electrons. The van der Waals surface area contributed by atoms with Crippen LogP contribution >= 0.6 is 34.8 Å². The maximum Gasteiger partial charge on any atom is 0.257 e. The Morgan fingerprint density at radius 3 is 2.71 bits per heavy atom. The molecule has 0 radical (unpaired) electrons. The molecule has 1 aliphatic heterocycles. The molecule has 0 aromatic heterocycles. The lowest BCUT2D eigenvalue weighted by Crippen LogP contribution is -2.41. The van der Waals surface area contributed by atoms with Crippen molar-refractivity contribution in [2.24, 2.45) is 0 Å². The van der Waals surface area contributed by atoms with Crippen LogP contribution in [-0.4, -0.2) is 29.0 Å². The molecule has 1 N–H and O–H groups in total. The molecule has 5 heteroatoms. The molecule has 1 amide bonds. The molecule has 0 spiro atoms. The van der Waals surface area contributed by atoms with Crippen LogP contribution in [0.25, 0.3) is 0 Å². The third-order valence-electron chi connectivity index (χ3n) is 2.70. The van der Waals surface area contributed by atoms with Gasteiger partial charge in [-0.15, -0.1) is 0 Å². The molecule has 1 aliphatic rings. The van der Waals surface area contributed by atoms with E-state index in [2.05, 4.69) is 27.9 Å². The van der Waals surface area contributed by atoms with Gasteiger partial charge >= 0.3 is 0 Å². The van der Waals surface area contributed by atoms with Gasteiger partial charge in [0, 0.05) is 22.2 Å². The zero-order valence-corrected chi connectivity index (χ0v) is 12.3. The van der Waals surface area contributed by atoms with Gasteiger partial charge in [-0.25, -0.2) is 0 Å². The Balaban J connectivity index is 1.99. The van der Waals surface area contributed by atoms with E-state index in [9.17, 15) is 4.79 Å². The zero-order valence-electron chi connectivity index (χ0n) is 9.28. The number of carbonyl (C=O) groups is 1. The van der Waals surface area contributed by atoms with Crippen LogP contribution in [0.1, 0.15) is 23.2 Å². The van der Waals surface area contributed by atoms with Gasteiger partial charge in [0.05, 0.1) is 0 Å². The van der Waals surface area contributed by atoms with E-state index in [-0.39, 0.29) is 5.91 Å². The molecular weight excluding hydrogens is 347 g/mol. The van der Waals surface area contributed by atoms with Crippen molar-refractivity contribution in [1.82, 2.24) is 10.2 Å². The first-order valence-corrected chi connectivity index (χ1v) is 7.01. The summed E-state index contributed by atoms with van der Waals surface area (Å²) in [5.74, 6) is -0.125. The molecule has 2 rings (SSSR count). The quantitative estimate of drug-likeness (QED) is 0.617. The van der Waals surface area contributed by atoms with E-state index in [0.29, 0.717) is 10.7 Å². The van der Waals surface area contributed by atoms with Gasteiger partial charge in [0.15, 0.2) is 5.11 Å². The molecule has 0 bridgehead atoms. The molecule has 0 aliphatic carbocycles. The number of amides is 1. The number of likely N-dealkylation sites (tertiary alicyclic amines) is 1. The van der Waals surface area contributed by atoms with Gasteiger partial charge in [0.1, 0.15) is 0 Å². The largest absolute Gasteiger partial charge is 0.349 e. The van der Waals surface area contributed by atoms with Gasteiger partial charge in [-0.1, -0.05) is 6.07 Å². The topological polar surface area (TPSA) is 32.3 Å². The molecule has 1 saturated heterocycles. The fourth-order valence-corrected chi connectivity index (χ4v) is 2.62. The van der Waals surface area contributed by atoms with Gasteiger partial charge in [0.25, 0.3) is 5.91 Å². The molecule has 17 heavy (non-hydrogen) atoms. The highest BCUT2D eigenvalue weighted by Gasteiger charge is 2.17. The van der Waals surface area contributed by atoms with Crippen LogP contribution in [-0.2, 0) is 0 Å². The fourth-order valence-electron chi connectivity index (χ4n) is 1.80. The second-order valence-corrected chi connectivity index (χ2v) is 5.60. The lowest BCUT2D eigenvalue weighted by Gasteiger charge is -2.18. The number of nitrogens with zero attached hydrogens (tertiary/aromatic N) is 1. The smallest absolute Gasteiger partial charge is 0.257 e. The first kappa shape index (κ1) is 12.8. The van der Waals surface area contributed by atoms with E-state index < -0.39 is 0 Å². The summed E-state index contributed by atoms with van der Waals surface area (Å²) < 4.78 is 1.04. The Hall–Kier alpha value is -0.690. The number of halogens is 1. The number of hydrogen-bond acceptors (Lipinski definition) is 2. The van der Waals surface area contributed by atoms with Crippen molar-refractivity contribution < 1.29 is 4.79 Å². The average Bonchev–Trinajstić information content (AvgIpc) is 2.82. The highest BCUT2D eigenvalue weighted by molar-refractivity contribution is 14.1. The molecule has 1 aromatic carbocycles. The Bertz CT molecular complexity index is 444. The van der Waals surface area contributed by atoms with Crippen molar-refractivity contribution in [3.8, 4) is 0 Å². The lowest BCUT2D eigenvalue weighted by molar-refractivity contribution is 0.0974. The van der Waals surface area contributed by atoms with Gasteiger partial charge in [-0.05, 0) is 65.8 Å². The first-order valence-electron chi connectivity index (χ1n) is 5.52. The van der Waals surface area contributed by atoms with Gasteiger partial charge in [0.2, 0.25) is 0 Å². The summed E-state index contributed by atoms with van der Waals surface area (Å²) in [4.78, 5) is 14.0. The normalized spacial score (nSPS) is 14.8. The third kappa shape index (κ3) is 3.38. The standard InChI is InChI=1S/C12H13IN2OS/c13-10-5-3-4-9(8-10)11(16)14-12(17)15-6-1-2-7-15/h3-5,8H,1-2,6-7H2,(H,14,16,17). The predicted octanol–water partition coefficient (Wildman–Crippen LogP) is 2.40. The average molecular weight is 360 g/mol. The minimum Gasteiger partial charge on any atom is -0.349 e. The Kier molecular flexibility index (Phi) is 4.33. The van der Waals surface area contributed by atoms with Crippen molar-refractivity contribution in [2.45, 2.75) is 12.8 Å². The SMILES string of the molecule is O=C(NC(=S)N1CCCC1)c1cccc(I)c1. The minimum atomic E-state index is -0.125. The third-order valence-corrected chi connectivity index (χ3v) is 3.73. The molecule has 0 unspecified atom stereocenters. The van der Waals surface area contributed by atoms with Gasteiger partial charge in [-0.3, -0.25) is 10.1 Å². The van der Waals surface area contributed by atoms with Crippen LogP contribution in [0, 0.1) is 3.57 Å². The molecular formula is C12H13IN2OS. The van der Waals surface area contributed by atoms with Crippen LogP contribution in [0.15, 0.2) is 24.3 Å². The summed E-state index contributed by atoms with van der Waals surface area (Å²) >= 11 is 7.40. The highest BCUT2D eigenvalue weighted by Crippen LogP contribution is 2.10. The van der Waals surface area contributed by atoms with E-state index in [1.807, 2.05) is 23.1 Å². The predicted molar refractivity (Wildman–Crippen MR) is 80.0 cm³/mol. The molecule has 1 heterocycles. The summed E-state index contributed by atoms with van der Waals surface area (Å²) in [6.07, 6.45) is 2.30. The monoisotopic (exact) mass is 360 g/mol. The van der Waals surface area contributed by atoms with Crippen molar-refractivity contribution in [1.29, 1.82) is 0 Å². The van der Waals surface area contributed by atoms with Crippen LogP contribution in [0.3, 0.4) is 0 Å². The molecule has 1 aromatic rings. The fraction of sp³-hybridized carbons (Fsp3) is 0.333. The highest BCUT2D eigenvalue weighted by atomic mass is 127. The van der Waals surface area contributed by atoms with E-state index in [1.54, 1.807) is 6.07 Å². The number of benzene rings is 1. The zero-order chi connectivity index (χ0) is 12.3. The van der Waals surface area contributed by atoms with Crippen molar-refractivity contribution in [2.75, 3.05) is 13.1 Å². The Morgan fingerprint density at radius 2 is 2.06 bits per heavy atom. The summed E-state index contributed by atoms with van der Waals surface area (Å²) in [7, 11) is 0. The molecule has 3 nitrogen and oxygen atoms in total. The number of thiocarbonyl (C=S) groups is 1.